The highest BCUT2D eigenvalue weighted by Crippen LogP contribution is 2.33. The van der Waals surface area contributed by atoms with Crippen molar-refractivity contribution in [2.24, 2.45) is 5.14 Å². The van der Waals surface area contributed by atoms with Crippen molar-refractivity contribution in [3.63, 3.8) is 0 Å². The number of nitrogens with two attached hydrogens (primary N) is 1. The van der Waals surface area contributed by atoms with Crippen LogP contribution >= 0.6 is 0 Å². The summed E-state index contributed by atoms with van der Waals surface area (Å²) >= 11 is 0. The number of hydrogen-bond acceptors (Lipinski definition) is 4. The smallest absolute Gasteiger partial charge is 0.341 e. The molecule has 7 heteroatoms. The van der Waals surface area contributed by atoms with Gasteiger partial charge in [0.2, 0.25) is 10.0 Å². The van der Waals surface area contributed by atoms with Gasteiger partial charge in [0.15, 0.2) is 6.61 Å². The van der Waals surface area contributed by atoms with E-state index in [0.29, 0.717) is 11.3 Å². The first-order chi connectivity index (χ1) is 8.51. The Kier molecular flexibility index (Phi) is 4.21. The molecule has 0 amide bonds. The molecule has 0 saturated heterocycles. The number of ether oxygens (including phenoxy) is 1. The monoisotopic (exact) mass is 287 g/mol. The van der Waals surface area contributed by atoms with E-state index < -0.39 is 28.0 Å². The fraction of sp³-hybridized carbons (Fsp3) is 0.417. The third-order valence-electron chi connectivity index (χ3n) is 2.44. The minimum atomic E-state index is -3.81. The van der Waals surface area contributed by atoms with Crippen LogP contribution in [0.15, 0.2) is 23.1 Å². The first kappa shape index (κ1) is 15.5. The van der Waals surface area contributed by atoms with E-state index in [4.69, 9.17) is 15.0 Å². The molecule has 0 aliphatic carbocycles. The minimum Gasteiger partial charge on any atom is -0.482 e. The first-order valence-electron chi connectivity index (χ1n) is 5.54. The summed E-state index contributed by atoms with van der Waals surface area (Å²) in [7, 11) is -3.81. The van der Waals surface area contributed by atoms with Crippen LogP contribution in [0, 0.1) is 0 Å². The van der Waals surface area contributed by atoms with Crippen molar-refractivity contribution in [2.75, 3.05) is 6.61 Å². The van der Waals surface area contributed by atoms with Gasteiger partial charge in [-0.15, -0.1) is 0 Å². The number of rotatable bonds is 4. The van der Waals surface area contributed by atoms with Gasteiger partial charge in [0, 0.05) is 5.56 Å². The molecule has 0 saturated carbocycles. The molecule has 1 rings (SSSR count). The molecule has 19 heavy (non-hydrogen) atoms. The molecular weight excluding hydrogens is 270 g/mol. The Labute approximate surface area is 112 Å². The molecule has 0 spiro atoms. The Morgan fingerprint density at radius 2 is 1.95 bits per heavy atom. The van der Waals surface area contributed by atoms with E-state index in [9.17, 15) is 13.2 Å². The molecule has 0 heterocycles. The minimum absolute atomic E-state index is 0.0277. The molecule has 0 fully saturated rings. The van der Waals surface area contributed by atoms with Gasteiger partial charge >= 0.3 is 5.97 Å². The van der Waals surface area contributed by atoms with Crippen LogP contribution in [0.2, 0.25) is 0 Å². The molecule has 106 valence electrons. The summed E-state index contributed by atoms with van der Waals surface area (Å²) in [5, 5.41) is 13.7. The second kappa shape index (κ2) is 5.18. The predicted molar refractivity (Wildman–Crippen MR) is 69.6 cm³/mol. The van der Waals surface area contributed by atoms with E-state index in [2.05, 4.69) is 0 Å². The number of carboxylic acid groups (broad SMARTS) is 1. The maximum Gasteiger partial charge on any atom is 0.341 e. The van der Waals surface area contributed by atoms with Crippen molar-refractivity contribution in [3.05, 3.63) is 23.8 Å². The van der Waals surface area contributed by atoms with Crippen molar-refractivity contribution >= 4 is 16.0 Å². The molecule has 3 N–H and O–H groups in total. The predicted octanol–water partition coefficient (Wildman–Crippen LogP) is 1.09. The van der Waals surface area contributed by atoms with Gasteiger partial charge in [0.25, 0.3) is 0 Å². The zero-order valence-corrected chi connectivity index (χ0v) is 11.8. The zero-order chi connectivity index (χ0) is 14.8. The van der Waals surface area contributed by atoms with Crippen molar-refractivity contribution in [1.29, 1.82) is 0 Å². The molecule has 0 aliphatic rings. The Morgan fingerprint density at radius 3 is 2.37 bits per heavy atom. The van der Waals surface area contributed by atoms with Crippen LogP contribution in [0.1, 0.15) is 26.3 Å². The van der Waals surface area contributed by atoms with E-state index in [1.54, 1.807) is 0 Å². The SMILES string of the molecule is CC(C)(C)c1cc(S(N)(=O)=O)ccc1OCC(=O)O. The molecule has 0 bridgehead atoms. The summed E-state index contributed by atoms with van der Waals surface area (Å²) in [5.74, 6) is -0.766. The molecule has 0 aromatic heterocycles. The number of aliphatic carboxylic acids is 1. The summed E-state index contributed by atoms with van der Waals surface area (Å²) < 4.78 is 27.8. The number of benzene rings is 1. The van der Waals surface area contributed by atoms with Gasteiger partial charge in [-0.2, -0.15) is 0 Å². The van der Waals surface area contributed by atoms with Crippen LogP contribution in [0.4, 0.5) is 0 Å². The lowest BCUT2D eigenvalue weighted by molar-refractivity contribution is -0.139. The second-order valence-electron chi connectivity index (χ2n) is 5.14. The molecule has 0 radical (unpaired) electrons. The Bertz CT molecular complexity index is 587. The van der Waals surface area contributed by atoms with Crippen molar-refractivity contribution in [3.8, 4) is 5.75 Å². The third kappa shape index (κ3) is 4.22. The molecule has 0 atom stereocenters. The summed E-state index contributed by atoms with van der Waals surface area (Å²) in [5.41, 5.74) is 0.175. The van der Waals surface area contributed by atoms with Crippen LogP contribution in [0.5, 0.6) is 5.75 Å². The molecular formula is C12H17NO5S. The Balaban J connectivity index is 3.29. The van der Waals surface area contributed by atoms with Crippen LogP contribution in [-0.2, 0) is 20.2 Å². The van der Waals surface area contributed by atoms with Crippen LogP contribution < -0.4 is 9.88 Å². The maximum absolute atomic E-state index is 11.3. The number of hydrogen-bond donors (Lipinski definition) is 2. The number of carbonyl (C=O) groups is 1. The first-order valence-corrected chi connectivity index (χ1v) is 7.08. The fourth-order valence-electron chi connectivity index (χ4n) is 1.54. The molecule has 0 aliphatic heterocycles. The highest BCUT2D eigenvalue weighted by molar-refractivity contribution is 7.89. The van der Waals surface area contributed by atoms with Gasteiger partial charge in [0.05, 0.1) is 4.90 Å². The lowest BCUT2D eigenvalue weighted by atomic mass is 9.86. The lowest BCUT2D eigenvalue weighted by Crippen LogP contribution is -2.19. The highest BCUT2D eigenvalue weighted by Gasteiger charge is 2.22. The highest BCUT2D eigenvalue weighted by atomic mass is 32.2. The summed E-state index contributed by atoms with van der Waals surface area (Å²) in [6, 6.07) is 4.12. The molecule has 0 unspecified atom stereocenters. The van der Waals surface area contributed by atoms with Gasteiger partial charge in [0.1, 0.15) is 5.75 Å². The standard InChI is InChI=1S/C12H17NO5S/c1-12(2,3)9-6-8(19(13,16)17)4-5-10(9)18-7-11(14)15/h4-6H,7H2,1-3H3,(H,14,15)(H2,13,16,17). The van der Waals surface area contributed by atoms with Gasteiger partial charge in [-0.3, -0.25) is 0 Å². The summed E-state index contributed by atoms with van der Waals surface area (Å²) in [6.45, 7) is 5.10. The van der Waals surface area contributed by atoms with Crippen molar-refractivity contribution in [1.82, 2.24) is 0 Å². The van der Waals surface area contributed by atoms with Gasteiger partial charge < -0.3 is 9.84 Å². The Hall–Kier alpha value is -1.60. The number of carboxylic acids is 1. The Morgan fingerprint density at radius 1 is 1.37 bits per heavy atom. The van der Waals surface area contributed by atoms with Crippen molar-refractivity contribution in [2.45, 2.75) is 31.1 Å². The van der Waals surface area contributed by atoms with E-state index in [1.807, 2.05) is 20.8 Å². The van der Waals surface area contributed by atoms with Crippen molar-refractivity contribution < 1.29 is 23.1 Å². The van der Waals surface area contributed by atoms with Gasteiger partial charge in [-0.1, -0.05) is 20.8 Å². The second-order valence-corrected chi connectivity index (χ2v) is 6.70. The zero-order valence-electron chi connectivity index (χ0n) is 11.0. The summed E-state index contributed by atoms with van der Waals surface area (Å²) in [4.78, 5) is 10.5. The topological polar surface area (TPSA) is 107 Å². The maximum atomic E-state index is 11.3. The fourth-order valence-corrected chi connectivity index (χ4v) is 2.08. The quantitative estimate of drug-likeness (QED) is 0.862. The number of primary sulfonamides is 1. The van der Waals surface area contributed by atoms with Crippen LogP contribution in [-0.4, -0.2) is 26.1 Å². The molecule has 6 nitrogen and oxygen atoms in total. The van der Waals surface area contributed by atoms with E-state index in [0.717, 1.165) is 0 Å². The lowest BCUT2D eigenvalue weighted by Gasteiger charge is -2.23. The van der Waals surface area contributed by atoms with E-state index in [1.165, 1.54) is 18.2 Å². The van der Waals surface area contributed by atoms with Gasteiger partial charge in [-0.05, 0) is 23.6 Å². The molecule has 1 aromatic rings. The van der Waals surface area contributed by atoms with E-state index in [-0.39, 0.29) is 4.90 Å². The van der Waals surface area contributed by atoms with Gasteiger partial charge in [-0.25, -0.2) is 18.4 Å². The largest absolute Gasteiger partial charge is 0.482 e. The number of sulfonamides is 1. The van der Waals surface area contributed by atoms with Crippen LogP contribution in [0.3, 0.4) is 0 Å². The van der Waals surface area contributed by atoms with E-state index >= 15 is 0 Å². The van der Waals surface area contributed by atoms with Crippen LogP contribution in [0.25, 0.3) is 0 Å². The normalized spacial score (nSPS) is 12.2. The summed E-state index contributed by atoms with van der Waals surface area (Å²) in [6.07, 6.45) is 0. The average Bonchev–Trinajstić information content (AvgIpc) is 2.23. The molecule has 1 aromatic carbocycles. The third-order valence-corrected chi connectivity index (χ3v) is 3.35. The average molecular weight is 287 g/mol.